The fourth-order valence-corrected chi connectivity index (χ4v) is 3.49. The lowest BCUT2D eigenvalue weighted by molar-refractivity contribution is -0.143. The van der Waals surface area contributed by atoms with Crippen molar-refractivity contribution in [2.45, 2.75) is 13.5 Å². The average molecular weight is 403 g/mol. The minimum atomic E-state index is -3.53. The zero-order valence-corrected chi connectivity index (χ0v) is 16.1. The van der Waals surface area contributed by atoms with Crippen LogP contribution in [0.4, 0.5) is 4.39 Å². The Labute approximate surface area is 153 Å². The van der Waals surface area contributed by atoms with Gasteiger partial charge in [-0.15, -0.1) is 0 Å². The molecule has 0 atom stereocenters. The Morgan fingerprint density at radius 3 is 2.69 bits per heavy atom. The van der Waals surface area contributed by atoms with Crippen LogP contribution in [-0.4, -0.2) is 55.6 Å². The van der Waals surface area contributed by atoms with Crippen LogP contribution in [0.25, 0.3) is 10.2 Å². The fourth-order valence-electron chi connectivity index (χ4n) is 2.07. The summed E-state index contributed by atoms with van der Waals surface area (Å²) < 4.78 is 44.0. The number of aromatic nitrogens is 1. The van der Waals surface area contributed by atoms with Gasteiger partial charge in [0.25, 0.3) is 5.91 Å². The summed E-state index contributed by atoms with van der Waals surface area (Å²) >= 11 is 1.02. The molecule has 2 rings (SSSR count). The van der Waals surface area contributed by atoms with E-state index in [1.165, 1.54) is 29.8 Å². The number of sulfonamides is 1. The lowest BCUT2D eigenvalue weighted by atomic mass is 10.3. The van der Waals surface area contributed by atoms with Crippen molar-refractivity contribution in [3.63, 3.8) is 0 Å². The number of carbonyl (C=O) groups is 2. The van der Waals surface area contributed by atoms with E-state index in [4.69, 9.17) is 4.74 Å². The minimum absolute atomic E-state index is 0.158. The van der Waals surface area contributed by atoms with Crippen LogP contribution in [0.15, 0.2) is 23.2 Å². The van der Waals surface area contributed by atoms with Crippen LogP contribution in [0, 0.1) is 5.82 Å². The molecule has 0 saturated carbocycles. The SMILES string of the molecule is CCOC(=O)Cn1c(=NC(=O)CN(C)S(C)(=O)=O)sc2cc(F)ccc21. The first-order chi connectivity index (χ1) is 12.1. The van der Waals surface area contributed by atoms with Gasteiger partial charge in [-0.3, -0.25) is 9.59 Å². The van der Waals surface area contributed by atoms with Gasteiger partial charge < -0.3 is 9.30 Å². The molecule has 1 heterocycles. The van der Waals surface area contributed by atoms with E-state index >= 15 is 0 Å². The topological polar surface area (TPSA) is 98.0 Å². The number of hydrogen-bond acceptors (Lipinski definition) is 6. The second-order valence-corrected chi connectivity index (χ2v) is 8.51. The summed E-state index contributed by atoms with van der Waals surface area (Å²) in [5, 5.41) is 0. The molecule has 1 amide bonds. The maximum absolute atomic E-state index is 13.5. The van der Waals surface area contributed by atoms with Crippen molar-refractivity contribution in [2.24, 2.45) is 4.99 Å². The summed E-state index contributed by atoms with van der Waals surface area (Å²) in [6, 6.07) is 3.99. The van der Waals surface area contributed by atoms with E-state index in [2.05, 4.69) is 4.99 Å². The van der Waals surface area contributed by atoms with Crippen LogP contribution in [0.5, 0.6) is 0 Å². The monoisotopic (exact) mass is 403 g/mol. The molecule has 0 saturated heterocycles. The van der Waals surface area contributed by atoms with Crippen molar-refractivity contribution in [1.82, 2.24) is 8.87 Å². The molecule has 0 aliphatic carbocycles. The molecular formula is C15H18FN3O5S2. The molecule has 11 heteroatoms. The molecular weight excluding hydrogens is 385 g/mol. The van der Waals surface area contributed by atoms with Crippen LogP contribution in [0.1, 0.15) is 6.92 Å². The van der Waals surface area contributed by atoms with Crippen LogP contribution >= 0.6 is 11.3 Å². The Kier molecular flexibility index (Phi) is 6.26. The summed E-state index contributed by atoms with van der Waals surface area (Å²) in [7, 11) is -2.27. The Balaban J connectivity index is 2.47. The molecule has 142 valence electrons. The predicted octanol–water partition coefficient (Wildman–Crippen LogP) is 0.724. The molecule has 1 aromatic heterocycles. The van der Waals surface area contributed by atoms with E-state index < -0.39 is 34.3 Å². The van der Waals surface area contributed by atoms with Crippen molar-refractivity contribution in [1.29, 1.82) is 0 Å². The lowest BCUT2D eigenvalue weighted by Gasteiger charge is -2.10. The van der Waals surface area contributed by atoms with E-state index in [1.807, 2.05) is 0 Å². The summed E-state index contributed by atoms with van der Waals surface area (Å²) in [4.78, 5) is 28.0. The maximum Gasteiger partial charge on any atom is 0.326 e. The second kappa shape index (κ2) is 8.06. The summed E-state index contributed by atoms with van der Waals surface area (Å²) in [5.74, 6) is -1.70. The number of amides is 1. The van der Waals surface area contributed by atoms with E-state index in [-0.39, 0.29) is 18.0 Å². The van der Waals surface area contributed by atoms with E-state index in [1.54, 1.807) is 6.92 Å². The number of likely N-dealkylation sites (N-methyl/N-ethyl adjacent to an activating group) is 1. The first kappa shape index (κ1) is 20.2. The van der Waals surface area contributed by atoms with Gasteiger partial charge >= 0.3 is 5.97 Å². The molecule has 0 spiro atoms. The summed E-state index contributed by atoms with van der Waals surface area (Å²) in [6.07, 6.45) is 0.976. The standard InChI is InChI=1S/C15H18FN3O5S2/c1-4-24-14(21)9-19-11-6-5-10(16)7-12(11)25-15(19)17-13(20)8-18(2)26(3,22)23/h5-7H,4,8-9H2,1-3H3. The molecule has 8 nitrogen and oxygen atoms in total. The fraction of sp³-hybridized carbons (Fsp3) is 0.400. The average Bonchev–Trinajstić information content (AvgIpc) is 2.82. The zero-order valence-electron chi connectivity index (χ0n) is 14.4. The third kappa shape index (κ3) is 4.96. The molecule has 26 heavy (non-hydrogen) atoms. The largest absolute Gasteiger partial charge is 0.465 e. The Hall–Kier alpha value is -2.11. The van der Waals surface area contributed by atoms with E-state index in [9.17, 15) is 22.4 Å². The van der Waals surface area contributed by atoms with E-state index in [0.29, 0.717) is 10.2 Å². The van der Waals surface area contributed by atoms with Crippen molar-refractivity contribution in [2.75, 3.05) is 26.5 Å². The molecule has 0 N–H and O–H groups in total. The van der Waals surface area contributed by atoms with Crippen LogP contribution in [0.3, 0.4) is 0 Å². The molecule has 2 aromatic rings. The molecule has 0 aliphatic rings. The first-order valence-corrected chi connectivity index (χ1v) is 10.2. The van der Waals surface area contributed by atoms with Crippen LogP contribution < -0.4 is 4.80 Å². The molecule has 1 aromatic carbocycles. The number of hydrogen-bond donors (Lipinski definition) is 0. The molecule has 0 aliphatic heterocycles. The van der Waals surface area contributed by atoms with E-state index in [0.717, 1.165) is 21.9 Å². The number of rotatable bonds is 6. The highest BCUT2D eigenvalue weighted by Gasteiger charge is 2.16. The number of thiazole rings is 1. The van der Waals surface area contributed by atoms with Gasteiger partial charge in [0.1, 0.15) is 12.4 Å². The highest BCUT2D eigenvalue weighted by atomic mass is 32.2. The number of nitrogens with zero attached hydrogens (tertiary/aromatic N) is 3. The lowest BCUT2D eigenvalue weighted by Crippen LogP contribution is -2.32. The van der Waals surface area contributed by atoms with Gasteiger partial charge in [0.05, 0.1) is 29.6 Å². The van der Waals surface area contributed by atoms with Crippen molar-refractivity contribution < 1.29 is 27.1 Å². The molecule has 0 radical (unpaired) electrons. The predicted molar refractivity (Wildman–Crippen MR) is 94.4 cm³/mol. The van der Waals surface area contributed by atoms with Gasteiger partial charge in [-0.25, -0.2) is 12.8 Å². The first-order valence-electron chi connectivity index (χ1n) is 7.55. The molecule has 0 unspecified atom stereocenters. The molecule has 0 bridgehead atoms. The number of carbonyl (C=O) groups excluding carboxylic acids is 2. The third-order valence-electron chi connectivity index (χ3n) is 3.38. The van der Waals surface area contributed by atoms with Crippen LogP contribution in [0.2, 0.25) is 0 Å². The van der Waals surface area contributed by atoms with Crippen LogP contribution in [-0.2, 0) is 30.9 Å². The van der Waals surface area contributed by atoms with Gasteiger partial charge in [0.15, 0.2) is 4.80 Å². The quantitative estimate of drug-likeness (QED) is 0.662. The molecule has 0 fully saturated rings. The Morgan fingerprint density at radius 2 is 2.08 bits per heavy atom. The van der Waals surface area contributed by atoms with Gasteiger partial charge in [-0.1, -0.05) is 11.3 Å². The maximum atomic E-state index is 13.5. The zero-order chi connectivity index (χ0) is 19.5. The highest BCUT2D eigenvalue weighted by molar-refractivity contribution is 7.88. The Bertz CT molecular complexity index is 1010. The van der Waals surface area contributed by atoms with Gasteiger partial charge in [0, 0.05) is 7.05 Å². The number of ether oxygens (including phenoxy) is 1. The number of halogens is 1. The van der Waals surface area contributed by atoms with Crippen molar-refractivity contribution >= 4 is 43.5 Å². The number of esters is 1. The Morgan fingerprint density at radius 1 is 1.38 bits per heavy atom. The number of fused-ring (bicyclic) bond motifs is 1. The highest BCUT2D eigenvalue weighted by Crippen LogP contribution is 2.18. The smallest absolute Gasteiger partial charge is 0.326 e. The van der Waals surface area contributed by atoms with Crippen molar-refractivity contribution in [3.8, 4) is 0 Å². The number of benzene rings is 1. The van der Waals surface area contributed by atoms with Gasteiger partial charge in [-0.2, -0.15) is 9.30 Å². The summed E-state index contributed by atoms with van der Waals surface area (Å²) in [6.45, 7) is 1.22. The third-order valence-corrected chi connectivity index (χ3v) is 5.68. The van der Waals surface area contributed by atoms with Crippen molar-refractivity contribution in [3.05, 3.63) is 28.8 Å². The minimum Gasteiger partial charge on any atom is -0.465 e. The normalized spacial score (nSPS) is 12.7. The second-order valence-electron chi connectivity index (χ2n) is 5.41. The summed E-state index contributed by atoms with van der Waals surface area (Å²) in [5.41, 5.74) is 0.521. The van der Waals surface area contributed by atoms with Gasteiger partial charge in [-0.05, 0) is 25.1 Å². The van der Waals surface area contributed by atoms with Gasteiger partial charge in [0.2, 0.25) is 10.0 Å².